The lowest BCUT2D eigenvalue weighted by Gasteiger charge is -2.25. The van der Waals surface area contributed by atoms with Crippen LogP contribution in [0.25, 0.3) is 0 Å². The molecule has 2 N–H and O–H groups in total. The molecular weight excluding hydrogens is 196 g/mol. The summed E-state index contributed by atoms with van der Waals surface area (Å²) < 4.78 is 5.16. The van der Waals surface area contributed by atoms with Crippen LogP contribution in [0.3, 0.4) is 0 Å². The predicted molar refractivity (Wildman–Crippen MR) is 62.4 cm³/mol. The number of hydrogen-bond acceptors (Lipinski definition) is 3. The molecule has 1 saturated heterocycles. The Morgan fingerprint density at radius 3 is 2.93 bits per heavy atom. The number of thiocarbonyl (C=S) groups is 1. The van der Waals surface area contributed by atoms with E-state index >= 15 is 0 Å². The summed E-state index contributed by atoms with van der Waals surface area (Å²) in [4.78, 5) is 3.01. The molecule has 0 aromatic rings. The molecule has 0 aromatic heterocycles. The molecule has 4 heteroatoms. The fraction of sp³-hybridized carbons (Fsp3) is 0.900. The van der Waals surface area contributed by atoms with Gasteiger partial charge in [0.2, 0.25) is 0 Å². The smallest absolute Gasteiger partial charge is 0.0901 e. The van der Waals surface area contributed by atoms with Crippen molar-refractivity contribution >= 4 is 17.2 Å². The van der Waals surface area contributed by atoms with Gasteiger partial charge in [-0.3, -0.25) is 4.90 Å². The lowest BCUT2D eigenvalue weighted by molar-refractivity contribution is 0.151. The third-order valence-corrected chi connectivity index (χ3v) is 3.15. The van der Waals surface area contributed by atoms with E-state index in [9.17, 15) is 0 Å². The third-order valence-electron chi connectivity index (χ3n) is 2.88. The topological polar surface area (TPSA) is 38.5 Å². The molecule has 0 amide bonds. The minimum atomic E-state index is 0.284. The van der Waals surface area contributed by atoms with E-state index in [-0.39, 0.29) is 6.04 Å². The third kappa shape index (κ3) is 2.90. The number of hydrogen-bond donors (Lipinski definition) is 1. The molecule has 0 radical (unpaired) electrons. The Hall–Kier alpha value is -0.190. The molecule has 1 rings (SSSR count). The summed E-state index contributed by atoms with van der Waals surface area (Å²) in [5.41, 5.74) is 5.70. The van der Waals surface area contributed by atoms with Gasteiger partial charge in [-0.25, -0.2) is 0 Å². The van der Waals surface area contributed by atoms with E-state index in [4.69, 9.17) is 22.7 Å². The highest BCUT2D eigenvalue weighted by atomic mass is 32.1. The Bertz CT molecular complexity index is 199. The number of likely N-dealkylation sites (tertiary alicyclic amines) is 1. The van der Waals surface area contributed by atoms with Crippen molar-refractivity contribution in [2.45, 2.75) is 25.8 Å². The second kappa shape index (κ2) is 5.63. The standard InChI is InChI=1S/C10H20N2OS/c1-3-9(10(11)14)12-5-4-8(6-12)7-13-2/h8-9H,3-7H2,1-2H3,(H2,11,14). The molecule has 1 aliphatic rings. The van der Waals surface area contributed by atoms with Crippen molar-refractivity contribution in [3.63, 3.8) is 0 Å². The summed E-state index contributed by atoms with van der Waals surface area (Å²) in [6.45, 7) is 5.16. The van der Waals surface area contributed by atoms with E-state index in [0.29, 0.717) is 10.9 Å². The van der Waals surface area contributed by atoms with Gasteiger partial charge >= 0.3 is 0 Å². The van der Waals surface area contributed by atoms with Gasteiger partial charge < -0.3 is 10.5 Å². The number of nitrogens with zero attached hydrogens (tertiary/aromatic N) is 1. The fourth-order valence-corrected chi connectivity index (χ4v) is 2.47. The predicted octanol–water partition coefficient (Wildman–Crippen LogP) is 1.02. The second-order valence-electron chi connectivity index (χ2n) is 3.93. The average molecular weight is 216 g/mol. The van der Waals surface area contributed by atoms with Crippen LogP contribution in [0.15, 0.2) is 0 Å². The Morgan fingerprint density at radius 2 is 2.43 bits per heavy atom. The first-order valence-corrected chi connectivity index (χ1v) is 5.62. The zero-order valence-corrected chi connectivity index (χ0v) is 9.85. The zero-order chi connectivity index (χ0) is 10.6. The van der Waals surface area contributed by atoms with Crippen LogP contribution in [0, 0.1) is 5.92 Å². The van der Waals surface area contributed by atoms with Crippen LogP contribution in [0.1, 0.15) is 19.8 Å². The first-order chi connectivity index (χ1) is 6.69. The Kier molecular flexibility index (Phi) is 4.78. The molecule has 0 spiro atoms. The van der Waals surface area contributed by atoms with Crippen molar-refractivity contribution in [2.75, 3.05) is 26.8 Å². The van der Waals surface area contributed by atoms with Crippen LogP contribution in [0.2, 0.25) is 0 Å². The number of rotatable bonds is 5. The van der Waals surface area contributed by atoms with Crippen molar-refractivity contribution in [1.29, 1.82) is 0 Å². The van der Waals surface area contributed by atoms with Crippen LogP contribution >= 0.6 is 12.2 Å². The van der Waals surface area contributed by atoms with Crippen LogP contribution < -0.4 is 5.73 Å². The van der Waals surface area contributed by atoms with Gasteiger partial charge in [0.15, 0.2) is 0 Å². The van der Waals surface area contributed by atoms with E-state index in [1.165, 1.54) is 6.42 Å². The van der Waals surface area contributed by atoms with Gasteiger partial charge in [-0.15, -0.1) is 0 Å². The largest absolute Gasteiger partial charge is 0.392 e. The molecule has 0 aliphatic carbocycles. The molecule has 14 heavy (non-hydrogen) atoms. The Balaban J connectivity index is 2.43. The summed E-state index contributed by atoms with van der Waals surface area (Å²) in [6, 6.07) is 0.284. The minimum Gasteiger partial charge on any atom is -0.392 e. The lowest BCUT2D eigenvalue weighted by atomic mass is 10.1. The Labute approximate surface area is 91.6 Å². The lowest BCUT2D eigenvalue weighted by Crippen LogP contribution is -2.42. The van der Waals surface area contributed by atoms with Crippen LogP contribution in [-0.4, -0.2) is 42.7 Å². The summed E-state index contributed by atoms with van der Waals surface area (Å²) in [5.74, 6) is 0.656. The van der Waals surface area contributed by atoms with E-state index in [0.717, 1.165) is 26.1 Å². The van der Waals surface area contributed by atoms with Gasteiger partial charge in [0.25, 0.3) is 0 Å². The van der Waals surface area contributed by atoms with Crippen molar-refractivity contribution < 1.29 is 4.74 Å². The molecule has 3 nitrogen and oxygen atoms in total. The molecule has 0 saturated carbocycles. The molecule has 2 atom stereocenters. The molecule has 0 aromatic carbocycles. The second-order valence-corrected chi connectivity index (χ2v) is 4.40. The molecular formula is C10H20N2OS. The van der Waals surface area contributed by atoms with Gasteiger partial charge in [0, 0.05) is 13.7 Å². The van der Waals surface area contributed by atoms with E-state index < -0.39 is 0 Å². The molecule has 82 valence electrons. The summed E-state index contributed by atoms with van der Waals surface area (Å²) in [5, 5.41) is 0. The summed E-state index contributed by atoms with van der Waals surface area (Å²) >= 11 is 5.06. The average Bonchev–Trinajstić information content (AvgIpc) is 2.54. The maximum absolute atomic E-state index is 5.70. The fourth-order valence-electron chi connectivity index (χ4n) is 2.16. The monoisotopic (exact) mass is 216 g/mol. The van der Waals surface area contributed by atoms with Crippen molar-refractivity contribution in [2.24, 2.45) is 11.7 Å². The number of nitrogens with two attached hydrogens (primary N) is 1. The van der Waals surface area contributed by atoms with Gasteiger partial charge in [-0.2, -0.15) is 0 Å². The van der Waals surface area contributed by atoms with Crippen molar-refractivity contribution in [3.8, 4) is 0 Å². The SMILES string of the molecule is CCC(C(N)=S)N1CCC(COC)C1. The van der Waals surface area contributed by atoms with E-state index in [2.05, 4.69) is 11.8 Å². The normalized spacial score (nSPS) is 25.1. The van der Waals surface area contributed by atoms with Crippen LogP contribution in [0.5, 0.6) is 0 Å². The molecule has 0 bridgehead atoms. The van der Waals surface area contributed by atoms with Crippen molar-refractivity contribution in [3.05, 3.63) is 0 Å². The first-order valence-electron chi connectivity index (χ1n) is 5.21. The highest BCUT2D eigenvalue weighted by Crippen LogP contribution is 2.20. The maximum Gasteiger partial charge on any atom is 0.0901 e. The maximum atomic E-state index is 5.70. The molecule has 2 unspecified atom stereocenters. The summed E-state index contributed by atoms with van der Waals surface area (Å²) in [7, 11) is 1.76. The van der Waals surface area contributed by atoms with Gasteiger partial charge in [0.1, 0.15) is 0 Å². The van der Waals surface area contributed by atoms with Crippen LogP contribution in [-0.2, 0) is 4.74 Å². The zero-order valence-electron chi connectivity index (χ0n) is 9.03. The number of ether oxygens (including phenoxy) is 1. The highest BCUT2D eigenvalue weighted by Gasteiger charge is 2.28. The van der Waals surface area contributed by atoms with E-state index in [1.54, 1.807) is 7.11 Å². The van der Waals surface area contributed by atoms with Gasteiger partial charge in [0.05, 0.1) is 17.6 Å². The molecule has 1 aliphatic heterocycles. The molecule has 1 fully saturated rings. The van der Waals surface area contributed by atoms with Crippen molar-refractivity contribution in [1.82, 2.24) is 4.90 Å². The van der Waals surface area contributed by atoms with Crippen LogP contribution in [0.4, 0.5) is 0 Å². The highest BCUT2D eigenvalue weighted by molar-refractivity contribution is 7.80. The minimum absolute atomic E-state index is 0.284. The van der Waals surface area contributed by atoms with E-state index in [1.807, 2.05) is 0 Å². The number of methoxy groups -OCH3 is 1. The first kappa shape index (κ1) is 11.9. The molecule has 1 heterocycles. The van der Waals surface area contributed by atoms with Gasteiger partial charge in [-0.05, 0) is 25.3 Å². The Morgan fingerprint density at radius 1 is 1.71 bits per heavy atom. The summed E-state index contributed by atoms with van der Waals surface area (Å²) in [6.07, 6.45) is 2.21. The quantitative estimate of drug-likeness (QED) is 0.696. The van der Waals surface area contributed by atoms with Gasteiger partial charge in [-0.1, -0.05) is 19.1 Å².